The van der Waals surface area contributed by atoms with E-state index in [9.17, 15) is 18.7 Å². The van der Waals surface area contributed by atoms with Crippen molar-refractivity contribution >= 4 is 34.0 Å². The van der Waals surface area contributed by atoms with Crippen molar-refractivity contribution in [3.05, 3.63) is 54.3 Å². The Hall–Kier alpha value is -3.13. The number of carbonyl (C=O) groups excluding carboxylic acids is 1. The Morgan fingerprint density at radius 3 is 2.73 bits per heavy atom. The summed E-state index contributed by atoms with van der Waals surface area (Å²) < 4.78 is 26.1. The number of rotatable bonds is 7. The smallest absolute Gasteiger partial charge is 0.260 e. The predicted molar refractivity (Wildman–Crippen MR) is 114 cm³/mol. The van der Waals surface area contributed by atoms with E-state index in [-0.39, 0.29) is 11.6 Å². The van der Waals surface area contributed by atoms with Crippen LogP contribution in [0.5, 0.6) is 0 Å². The number of nitrogens with zero attached hydrogens (tertiary/aromatic N) is 2. The Balaban J connectivity index is 1.84. The van der Waals surface area contributed by atoms with Gasteiger partial charge in [-0.05, 0) is 36.1 Å². The summed E-state index contributed by atoms with van der Waals surface area (Å²) in [5.41, 5.74) is 9.16. The first-order valence-corrected chi connectivity index (χ1v) is 9.53. The highest BCUT2D eigenvalue weighted by Crippen LogP contribution is 2.49. The molecule has 1 aliphatic carbocycles. The first-order valence-electron chi connectivity index (χ1n) is 9.53. The van der Waals surface area contributed by atoms with Gasteiger partial charge >= 0.3 is 0 Å². The lowest BCUT2D eigenvalue weighted by molar-refractivity contribution is -0.119. The molecule has 8 heteroatoms. The van der Waals surface area contributed by atoms with Gasteiger partial charge in [-0.25, -0.2) is 18.7 Å². The highest BCUT2D eigenvalue weighted by atomic mass is 19.3. The van der Waals surface area contributed by atoms with Crippen LogP contribution in [-0.4, -0.2) is 33.0 Å². The van der Waals surface area contributed by atoms with Crippen LogP contribution < -0.4 is 11.1 Å². The van der Waals surface area contributed by atoms with Gasteiger partial charge in [0.2, 0.25) is 5.91 Å². The van der Waals surface area contributed by atoms with Gasteiger partial charge in [0.25, 0.3) is 5.92 Å². The summed E-state index contributed by atoms with van der Waals surface area (Å²) in [7, 11) is 0. The Labute approximate surface area is 173 Å². The minimum Gasteiger partial charge on any atom is -0.388 e. The summed E-state index contributed by atoms with van der Waals surface area (Å²) >= 11 is 0. The van der Waals surface area contributed by atoms with E-state index in [1.807, 2.05) is 13.8 Å². The summed E-state index contributed by atoms with van der Waals surface area (Å²) in [4.78, 5) is 20.3. The van der Waals surface area contributed by atoms with Gasteiger partial charge in [-0.3, -0.25) is 4.79 Å². The maximum atomic E-state index is 13.0. The van der Waals surface area contributed by atoms with Crippen LogP contribution in [0.2, 0.25) is 0 Å². The Bertz CT molecular complexity index is 1080. The fourth-order valence-electron chi connectivity index (χ4n) is 3.04. The first-order chi connectivity index (χ1) is 14.0. The van der Waals surface area contributed by atoms with Crippen molar-refractivity contribution in [2.24, 2.45) is 5.92 Å². The summed E-state index contributed by atoms with van der Waals surface area (Å²) in [5.74, 6) is -4.66. The number of hydrogen-bond donors (Lipinski definition) is 3. The molecule has 158 valence electrons. The molecule has 1 amide bonds. The normalized spacial score (nSPS) is 18.7. The van der Waals surface area contributed by atoms with Crippen LogP contribution in [0.3, 0.4) is 0 Å². The molecule has 2 aromatic heterocycles. The topological polar surface area (TPSA) is 101 Å². The molecule has 2 atom stereocenters. The zero-order valence-corrected chi connectivity index (χ0v) is 16.9. The van der Waals surface area contributed by atoms with E-state index in [0.29, 0.717) is 34.0 Å². The number of nitrogen functional groups attached to an aromatic ring is 1. The van der Waals surface area contributed by atoms with Crippen molar-refractivity contribution in [1.82, 2.24) is 9.97 Å². The number of fused-ring (bicyclic) bond motifs is 1. The molecule has 0 aliphatic heterocycles. The monoisotopic (exact) mass is 414 g/mol. The average molecular weight is 414 g/mol. The molecule has 0 saturated heterocycles. The van der Waals surface area contributed by atoms with E-state index < -0.39 is 30.3 Å². The third-order valence-electron chi connectivity index (χ3n) is 5.14. The molecule has 2 unspecified atom stereocenters. The van der Waals surface area contributed by atoms with Crippen molar-refractivity contribution in [2.45, 2.75) is 38.7 Å². The zero-order chi connectivity index (χ0) is 22.2. The molecule has 30 heavy (non-hydrogen) atoms. The van der Waals surface area contributed by atoms with E-state index in [0.717, 1.165) is 5.57 Å². The molecular weight excluding hydrogens is 390 g/mol. The van der Waals surface area contributed by atoms with E-state index in [4.69, 9.17) is 5.73 Å². The second-order valence-corrected chi connectivity index (χ2v) is 7.50. The summed E-state index contributed by atoms with van der Waals surface area (Å²) in [6.07, 6.45) is 2.71. The van der Waals surface area contributed by atoms with E-state index in [2.05, 4.69) is 28.4 Å². The molecule has 2 aromatic rings. The lowest BCUT2D eigenvalue weighted by atomic mass is 9.97. The molecule has 4 N–H and O–H groups in total. The molecule has 6 nitrogen and oxygen atoms in total. The summed E-state index contributed by atoms with van der Waals surface area (Å²) in [5, 5.41) is 12.9. The maximum Gasteiger partial charge on any atom is 0.260 e. The largest absolute Gasteiger partial charge is 0.388 e. The van der Waals surface area contributed by atoms with Crippen molar-refractivity contribution in [3.8, 4) is 0 Å². The van der Waals surface area contributed by atoms with Crippen molar-refractivity contribution in [2.75, 3.05) is 11.1 Å². The van der Waals surface area contributed by atoms with Crippen LogP contribution in [0.25, 0.3) is 16.5 Å². The number of halogens is 2. The number of hydrogen-bond acceptors (Lipinski definition) is 5. The van der Waals surface area contributed by atoms with E-state index in [1.165, 1.54) is 12.3 Å². The molecule has 1 fully saturated rings. The number of aliphatic hydroxyl groups is 1. The number of aliphatic hydroxyl groups excluding tert-OH is 1. The van der Waals surface area contributed by atoms with Crippen LogP contribution in [0.15, 0.2) is 48.7 Å². The van der Waals surface area contributed by atoms with Crippen LogP contribution in [-0.2, 0) is 4.79 Å². The lowest BCUT2D eigenvalue weighted by Crippen LogP contribution is -2.18. The Kier molecular flexibility index (Phi) is 5.72. The van der Waals surface area contributed by atoms with Crippen LogP contribution in [0.1, 0.15) is 32.3 Å². The number of carbonyl (C=O) groups is 1. The van der Waals surface area contributed by atoms with Crippen LogP contribution in [0, 0.1) is 5.92 Å². The van der Waals surface area contributed by atoms with Crippen LogP contribution >= 0.6 is 0 Å². The molecule has 1 aliphatic rings. The summed E-state index contributed by atoms with van der Waals surface area (Å²) in [6, 6.07) is 3.25. The number of allylic oxidation sites excluding steroid dienone is 2. The minimum atomic E-state index is -2.94. The average Bonchev–Trinajstić information content (AvgIpc) is 3.34. The molecular formula is C22H24F2N4O2. The highest BCUT2D eigenvalue weighted by molar-refractivity contribution is 5.96. The molecule has 0 radical (unpaired) electrons. The van der Waals surface area contributed by atoms with Crippen molar-refractivity contribution < 1.29 is 18.7 Å². The lowest BCUT2D eigenvalue weighted by Gasteiger charge is -2.13. The van der Waals surface area contributed by atoms with Gasteiger partial charge in [0, 0.05) is 29.6 Å². The second-order valence-electron chi connectivity index (χ2n) is 7.50. The van der Waals surface area contributed by atoms with Crippen LogP contribution in [0.4, 0.5) is 20.4 Å². The molecule has 2 heterocycles. The second kappa shape index (κ2) is 7.95. The maximum absolute atomic E-state index is 13.0. The summed E-state index contributed by atoms with van der Waals surface area (Å²) in [6.45, 7) is 11.6. The van der Waals surface area contributed by atoms with Gasteiger partial charge in [-0.1, -0.05) is 26.2 Å². The fraction of sp³-hybridized carbons (Fsp3) is 0.318. The van der Waals surface area contributed by atoms with Crippen molar-refractivity contribution in [3.63, 3.8) is 0 Å². The fourth-order valence-corrected chi connectivity index (χ4v) is 3.04. The first kappa shape index (κ1) is 21.6. The number of nitrogens with two attached hydrogens (primary N) is 1. The van der Waals surface area contributed by atoms with Gasteiger partial charge in [0.1, 0.15) is 17.6 Å². The van der Waals surface area contributed by atoms with E-state index in [1.54, 1.807) is 12.1 Å². The van der Waals surface area contributed by atoms with E-state index >= 15 is 0 Å². The number of anilines is 2. The number of pyridine rings is 2. The van der Waals surface area contributed by atoms with Gasteiger partial charge in [0.15, 0.2) is 0 Å². The molecule has 0 aromatic carbocycles. The highest BCUT2D eigenvalue weighted by Gasteiger charge is 2.61. The van der Waals surface area contributed by atoms with Gasteiger partial charge in [0.05, 0.1) is 11.6 Å². The quantitative estimate of drug-likeness (QED) is 0.593. The third kappa shape index (κ3) is 4.38. The molecule has 0 bridgehead atoms. The third-order valence-corrected chi connectivity index (χ3v) is 5.14. The number of nitrogens with one attached hydrogen (secondary N) is 1. The molecule has 0 spiro atoms. The predicted octanol–water partition coefficient (Wildman–Crippen LogP) is 4.09. The molecule has 3 rings (SSSR count). The number of aromatic nitrogens is 2. The van der Waals surface area contributed by atoms with Gasteiger partial charge < -0.3 is 16.2 Å². The standard InChI is InChI=1S/C22H24F2N4O2/c1-5-18(29)12(3)6-11(2)13(4)15-7-14-10-26-19(8-17(14)27-20(15)25)28-21(30)16-9-22(16,23)24/h6-8,10,16,18,29H,3-5,9H2,1-2H3,(H2,25,27)(H,26,28,30)/b11-6-. The Morgan fingerprint density at radius 1 is 1.47 bits per heavy atom. The number of alkyl halides is 2. The van der Waals surface area contributed by atoms with Crippen molar-refractivity contribution in [1.29, 1.82) is 0 Å². The Morgan fingerprint density at radius 2 is 2.13 bits per heavy atom. The van der Waals surface area contributed by atoms with Gasteiger partial charge in [-0.2, -0.15) is 0 Å². The molecule has 1 saturated carbocycles. The SMILES string of the molecule is C=C(/C(C)=C\C(=C)C(O)CC)c1cc2cnc(NC(=O)C3CC3(F)F)cc2nc1N. The number of amides is 1. The minimum absolute atomic E-state index is 0.134. The van der Waals surface area contributed by atoms with Gasteiger partial charge in [-0.15, -0.1) is 0 Å². The zero-order valence-electron chi connectivity index (χ0n) is 16.9.